The van der Waals surface area contributed by atoms with Crippen LogP contribution in [0.1, 0.15) is 44.2 Å². The molecule has 0 amide bonds. The van der Waals surface area contributed by atoms with Gasteiger partial charge in [-0.2, -0.15) is 0 Å². The number of halogens is 1. The van der Waals surface area contributed by atoms with Crippen LogP contribution in [-0.4, -0.2) is 16.2 Å². The fourth-order valence-electron chi connectivity index (χ4n) is 6.73. The summed E-state index contributed by atoms with van der Waals surface area (Å²) in [6, 6.07) is 6.23. The van der Waals surface area contributed by atoms with E-state index in [1.807, 2.05) is 6.07 Å². The Morgan fingerprint density at radius 2 is 1.71 bits per heavy atom. The zero-order valence-corrected chi connectivity index (χ0v) is 17.2. The Labute approximate surface area is 174 Å². The summed E-state index contributed by atoms with van der Waals surface area (Å²) in [6.45, 7) is 0.319. The Balaban J connectivity index is 0.00000156. The average Bonchev–Trinajstić information content (AvgIpc) is 3.35. The third-order valence-corrected chi connectivity index (χ3v) is 8.30. The molecule has 4 saturated carbocycles. The minimum Gasteiger partial charge on any atom is -0.454 e. The van der Waals surface area contributed by atoms with Gasteiger partial charge < -0.3 is 9.47 Å². The molecule has 3 heterocycles. The van der Waals surface area contributed by atoms with Crippen LogP contribution in [0.15, 0.2) is 29.8 Å². The number of ether oxygens (including phenoxy) is 2. The summed E-state index contributed by atoms with van der Waals surface area (Å²) in [4.78, 5) is 6.27. The van der Waals surface area contributed by atoms with Crippen molar-refractivity contribution in [2.75, 3.05) is 6.79 Å². The molecule has 4 fully saturated rings. The SMILES string of the molecule is Cl.c1cc2c(cc1-c1csc3nc(C45CC6CC(CC(C6)C4)C5)cn13)OCO2. The molecular weight excluding hydrogens is 392 g/mol. The second-order valence-corrected chi connectivity index (χ2v) is 10.0. The van der Waals surface area contributed by atoms with E-state index in [-0.39, 0.29) is 12.4 Å². The van der Waals surface area contributed by atoms with Crippen molar-refractivity contribution in [3.05, 3.63) is 35.5 Å². The molecule has 4 aliphatic carbocycles. The van der Waals surface area contributed by atoms with Gasteiger partial charge in [-0.25, -0.2) is 4.98 Å². The first-order valence-electron chi connectivity index (χ1n) is 10.1. The number of thiazole rings is 1. The standard InChI is InChI=1S/C22H22N2O2S.ClH/c1-2-18-19(26-12-25-18)6-16(1)17-11-27-21-23-20(10-24(17)21)22-7-13-3-14(8-22)5-15(4-13)9-22;/h1-2,6,10-11,13-15H,3-5,7-9,12H2;1H. The van der Waals surface area contributed by atoms with Gasteiger partial charge in [0.05, 0.1) is 11.4 Å². The van der Waals surface area contributed by atoms with E-state index in [2.05, 4.69) is 28.1 Å². The summed E-state index contributed by atoms with van der Waals surface area (Å²) < 4.78 is 13.3. The van der Waals surface area contributed by atoms with Crippen molar-refractivity contribution in [1.29, 1.82) is 0 Å². The first-order valence-corrected chi connectivity index (χ1v) is 11.0. The maximum Gasteiger partial charge on any atom is 0.231 e. The molecule has 4 bridgehead atoms. The van der Waals surface area contributed by atoms with Crippen LogP contribution in [-0.2, 0) is 5.41 Å². The van der Waals surface area contributed by atoms with Crippen molar-refractivity contribution in [2.45, 2.75) is 43.9 Å². The van der Waals surface area contributed by atoms with Gasteiger partial charge in [0, 0.05) is 22.6 Å². The molecule has 3 aromatic rings. The van der Waals surface area contributed by atoms with Gasteiger partial charge >= 0.3 is 0 Å². The van der Waals surface area contributed by atoms with Gasteiger partial charge in [0.25, 0.3) is 0 Å². The van der Waals surface area contributed by atoms with Crippen molar-refractivity contribution in [3.8, 4) is 22.8 Å². The summed E-state index contributed by atoms with van der Waals surface area (Å²) >= 11 is 1.75. The number of aromatic nitrogens is 2. The van der Waals surface area contributed by atoms with Crippen molar-refractivity contribution in [3.63, 3.8) is 0 Å². The summed E-state index contributed by atoms with van der Waals surface area (Å²) in [7, 11) is 0. The van der Waals surface area contributed by atoms with Crippen LogP contribution < -0.4 is 9.47 Å². The topological polar surface area (TPSA) is 35.8 Å². The number of hydrogen-bond donors (Lipinski definition) is 0. The Morgan fingerprint density at radius 3 is 2.46 bits per heavy atom. The highest BCUT2D eigenvalue weighted by Crippen LogP contribution is 2.60. The van der Waals surface area contributed by atoms with E-state index in [0.717, 1.165) is 34.2 Å². The van der Waals surface area contributed by atoms with Gasteiger partial charge in [0.1, 0.15) is 0 Å². The molecule has 0 atom stereocenters. The van der Waals surface area contributed by atoms with Crippen molar-refractivity contribution in [1.82, 2.24) is 9.38 Å². The van der Waals surface area contributed by atoms with Gasteiger partial charge in [-0.05, 0) is 74.5 Å². The van der Waals surface area contributed by atoms with Gasteiger partial charge in [0.2, 0.25) is 6.79 Å². The number of fused-ring (bicyclic) bond motifs is 2. The van der Waals surface area contributed by atoms with E-state index in [1.165, 1.54) is 55.5 Å². The number of imidazole rings is 1. The lowest BCUT2D eigenvalue weighted by molar-refractivity contribution is -0.00696. The maximum absolute atomic E-state index is 5.58. The van der Waals surface area contributed by atoms with Crippen LogP contribution in [0.3, 0.4) is 0 Å². The molecule has 4 nitrogen and oxygen atoms in total. The van der Waals surface area contributed by atoms with Gasteiger partial charge in [-0.1, -0.05) is 0 Å². The van der Waals surface area contributed by atoms with Crippen molar-refractivity contribution < 1.29 is 9.47 Å². The zero-order chi connectivity index (χ0) is 17.6. The average molecular weight is 415 g/mol. The summed E-state index contributed by atoms with van der Waals surface area (Å²) in [5.74, 6) is 4.52. The predicted molar refractivity (Wildman–Crippen MR) is 112 cm³/mol. The second kappa shape index (κ2) is 5.90. The molecule has 0 radical (unpaired) electrons. The van der Waals surface area contributed by atoms with E-state index >= 15 is 0 Å². The molecule has 8 rings (SSSR count). The van der Waals surface area contributed by atoms with Gasteiger partial charge in [0.15, 0.2) is 16.5 Å². The number of rotatable bonds is 2. The van der Waals surface area contributed by atoms with Crippen LogP contribution in [0.2, 0.25) is 0 Å². The fourth-order valence-corrected chi connectivity index (χ4v) is 7.61. The van der Waals surface area contributed by atoms with Crippen molar-refractivity contribution in [2.24, 2.45) is 17.8 Å². The van der Waals surface area contributed by atoms with Crippen LogP contribution in [0.4, 0.5) is 0 Å². The fraction of sp³-hybridized carbons (Fsp3) is 0.500. The normalized spacial score (nSPS) is 32.1. The molecule has 28 heavy (non-hydrogen) atoms. The molecule has 0 saturated heterocycles. The second-order valence-electron chi connectivity index (χ2n) is 9.17. The third kappa shape index (κ3) is 2.32. The minimum absolute atomic E-state index is 0. The third-order valence-electron chi connectivity index (χ3n) is 7.46. The lowest BCUT2D eigenvalue weighted by Crippen LogP contribution is -2.48. The van der Waals surface area contributed by atoms with Crippen LogP contribution >= 0.6 is 23.7 Å². The smallest absolute Gasteiger partial charge is 0.231 e. The highest BCUT2D eigenvalue weighted by molar-refractivity contribution is 7.15. The predicted octanol–water partition coefficient (Wildman–Crippen LogP) is 5.68. The molecule has 5 aliphatic rings. The van der Waals surface area contributed by atoms with Crippen LogP contribution in [0, 0.1) is 17.8 Å². The Kier molecular flexibility index (Phi) is 3.61. The molecule has 6 heteroatoms. The summed E-state index contributed by atoms with van der Waals surface area (Å²) in [5, 5.41) is 2.21. The molecule has 0 unspecified atom stereocenters. The minimum atomic E-state index is 0. The van der Waals surface area contributed by atoms with E-state index in [4.69, 9.17) is 14.5 Å². The van der Waals surface area contributed by atoms with Crippen molar-refractivity contribution >= 4 is 28.7 Å². The highest BCUT2D eigenvalue weighted by atomic mass is 35.5. The van der Waals surface area contributed by atoms with E-state index in [9.17, 15) is 0 Å². The van der Waals surface area contributed by atoms with Gasteiger partial charge in [-0.15, -0.1) is 23.7 Å². The Bertz CT molecular complexity index is 1040. The number of hydrogen-bond acceptors (Lipinski definition) is 4. The highest BCUT2D eigenvalue weighted by Gasteiger charge is 2.52. The maximum atomic E-state index is 5.58. The zero-order valence-electron chi connectivity index (χ0n) is 15.6. The molecule has 0 N–H and O–H groups in total. The van der Waals surface area contributed by atoms with Crippen LogP contribution in [0.5, 0.6) is 11.5 Å². The summed E-state index contributed by atoms with van der Waals surface area (Å²) in [6.07, 6.45) is 10.9. The first kappa shape index (κ1) is 17.2. The quantitative estimate of drug-likeness (QED) is 0.541. The molecule has 0 spiro atoms. The lowest BCUT2D eigenvalue weighted by atomic mass is 9.49. The molecular formula is C22H23ClN2O2S. The molecule has 2 aromatic heterocycles. The number of benzene rings is 1. The first-order chi connectivity index (χ1) is 13.3. The molecule has 1 aromatic carbocycles. The van der Waals surface area contributed by atoms with E-state index in [0.29, 0.717) is 12.2 Å². The van der Waals surface area contributed by atoms with Crippen LogP contribution in [0.25, 0.3) is 16.2 Å². The Hall–Kier alpha value is -1.72. The van der Waals surface area contributed by atoms with Gasteiger partial charge in [-0.3, -0.25) is 4.40 Å². The van der Waals surface area contributed by atoms with E-state index < -0.39 is 0 Å². The van der Waals surface area contributed by atoms with E-state index in [1.54, 1.807) is 11.3 Å². The monoisotopic (exact) mass is 414 g/mol. The molecule has 1 aliphatic heterocycles. The summed E-state index contributed by atoms with van der Waals surface area (Å²) in [5.41, 5.74) is 4.08. The largest absolute Gasteiger partial charge is 0.454 e. The molecule has 146 valence electrons. The Morgan fingerprint density at radius 1 is 1.00 bits per heavy atom. The number of nitrogens with zero attached hydrogens (tertiary/aromatic N) is 2. The lowest BCUT2D eigenvalue weighted by Gasteiger charge is -2.56.